The fourth-order valence-electron chi connectivity index (χ4n) is 4.21. The third kappa shape index (κ3) is 5.06. The van der Waals surface area contributed by atoms with Crippen LogP contribution in [0.1, 0.15) is 34.0 Å². The van der Waals surface area contributed by atoms with Crippen LogP contribution in [0.15, 0.2) is 60.7 Å². The molecule has 0 saturated heterocycles. The van der Waals surface area contributed by atoms with E-state index >= 15 is 0 Å². The second-order valence-electron chi connectivity index (χ2n) is 8.62. The van der Waals surface area contributed by atoms with E-state index in [0.717, 1.165) is 22.1 Å². The lowest BCUT2D eigenvalue weighted by Gasteiger charge is -2.24. The van der Waals surface area contributed by atoms with Gasteiger partial charge in [-0.25, -0.2) is 13.2 Å². The van der Waals surface area contributed by atoms with E-state index in [2.05, 4.69) is 0 Å². The van der Waals surface area contributed by atoms with Crippen molar-refractivity contribution in [3.05, 3.63) is 100 Å². The molecule has 1 N–H and O–H groups in total. The molecule has 1 atom stereocenters. The summed E-state index contributed by atoms with van der Waals surface area (Å²) in [6.45, 7) is 0.844. The zero-order valence-corrected chi connectivity index (χ0v) is 18.4. The molecule has 0 fully saturated rings. The number of carboxylic acid groups (broad SMARTS) is 1. The first kappa shape index (κ1) is 23.4. The summed E-state index contributed by atoms with van der Waals surface area (Å²) in [7, 11) is 0. The van der Waals surface area contributed by atoms with Gasteiger partial charge in [-0.1, -0.05) is 24.3 Å². The van der Waals surface area contributed by atoms with Crippen molar-refractivity contribution in [2.75, 3.05) is 6.54 Å². The lowest BCUT2D eigenvalue weighted by molar-refractivity contribution is -0.137. The SMILES string of the molecule is C[C@@]1(Cc2ccc(F)cc2)Cc2cc(C(=O)N(CC(=O)O)Cc3cccc(F)c3F)ccc2O1. The van der Waals surface area contributed by atoms with Crippen molar-refractivity contribution in [2.24, 2.45) is 0 Å². The standard InChI is InChI=1S/C26H22F3NO4/c1-26(12-16-5-8-20(27)9-6-16)13-19-11-17(7-10-22(19)34-26)25(33)30(15-23(31)32)14-18-3-2-4-21(28)24(18)29/h2-11H,12-15H2,1H3,(H,31,32)/t26-/m1/s1. The number of ether oxygens (including phenoxy) is 1. The summed E-state index contributed by atoms with van der Waals surface area (Å²) in [5.74, 6) is -3.82. The van der Waals surface area contributed by atoms with Crippen LogP contribution in [0, 0.1) is 17.5 Å². The Hall–Kier alpha value is -3.81. The van der Waals surface area contributed by atoms with Crippen molar-refractivity contribution in [1.29, 1.82) is 0 Å². The van der Waals surface area contributed by atoms with Crippen LogP contribution in [0.25, 0.3) is 0 Å². The molecule has 176 valence electrons. The van der Waals surface area contributed by atoms with E-state index in [9.17, 15) is 27.9 Å². The molecule has 4 rings (SSSR count). The number of hydrogen-bond donors (Lipinski definition) is 1. The van der Waals surface area contributed by atoms with Crippen LogP contribution in [-0.4, -0.2) is 34.0 Å². The molecule has 1 aliphatic rings. The maximum atomic E-state index is 14.1. The van der Waals surface area contributed by atoms with Gasteiger partial charge in [0, 0.05) is 30.5 Å². The minimum atomic E-state index is -1.28. The van der Waals surface area contributed by atoms with Crippen molar-refractivity contribution < 1.29 is 32.6 Å². The fourth-order valence-corrected chi connectivity index (χ4v) is 4.21. The van der Waals surface area contributed by atoms with Gasteiger partial charge in [-0.15, -0.1) is 0 Å². The van der Waals surface area contributed by atoms with E-state index in [4.69, 9.17) is 4.74 Å². The van der Waals surface area contributed by atoms with Crippen LogP contribution in [0.5, 0.6) is 5.75 Å². The molecular formula is C26H22F3NO4. The topological polar surface area (TPSA) is 66.8 Å². The smallest absolute Gasteiger partial charge is 0.323 e. The number of benzene rings is 3. The van der Waals surface area contributed by atoms with Crippen molar-refractivity contribution in [3.8, 4) is 5.75 Å². The fraction of sp³-hybridized carbons (Fsp3) is 0.231. The van der Waals surface area contributed by atoms with Gasteiger partial charge in [-0.2, -0.15) is 0 Å². The maximum absolute atomic E-state index is 14.1. The number of fused-ring (bicyclic) bond motifs is 1. The van der Waals surface area contributed by atoms with Gasteiger partial charge >= 0.3 is 5.97 Å². The molecule has 0 aromatic heterocycles. The first-order valence-electron chi connectivity index (χ1n) is 10.6. The maximum Gasteiger partial charge on any atom is 0.323 e. The summed E-state index contributed by atoms with van der Waals surface area (Å²) in [5.41, 5.74) is 1.16. The Kier molecular flexibility index (Phi) is 6.32. The Morgan fingerprint density at radius 2 is 1.79 bits per heavy atom. The molecule has 8 heteroatoms. The number of amides is 1. The first-order chi connectivity index (χ1) is 16.1. The number of aliphatic carboxylic acids is 1. The highest BCUT2D eigenvalue weighted by molar-refractivity contribution is 5.96. The van der Waals surface area contributed by atoms with Crippen LogP contribution < -0.4 is 4.74 Å². The molecular weight excluding hydrogens is 447 g/mol. The number of nitrogens with zero attached hydrogens (tertiary/aromatic N) is 1. The van der Waals surface area contributed by atoms with E-state index in [-0.39, 0.29) is 16.9 Å². The molecule has 0 radical (unpaired) electrons. The van der Waals surface area contributed by atoms with Gasteiger partial charge in [-0.3, -0.25) is 9.59 Å². The molecule has 1 aliphatic heterocycles. The van der Waals surface area contributed by atoms with E-state index in [1.165, 1.54) is 30.3 Å². The average molecular weight is 469 g/mol. The minimum absolute atomic E-state index is 0.119. The molecule has 3 aromatic carbocycles. The predicted molar refractivity (Wildman–Crippen MR) is 118 cm³/mol. The highest BCUT2D eigenvalue weighted by Crippen LogP contribution is 2.37. The predicted octanol–water partition coefficient (Wildman–Crippen LogP) is 4.77. The number of carbonyl (C=O) groups is 2. The second kappa shape index (κ2) is 9.21. The van der Waals surface area contributed by atoms with E-state index in [0.29, 0.717) is 18.6 Å². The van der Waals surface area contributed by atoms with E-state index in [1.54, 1.807) is 24.3 Å². The van der Waals surface area contributed by atoms with Gasteiger partial charge in [0.1, 0.15) is 23.7 Å². The van der Waals surface area contributed by atoms with Crippen molar-refractivity contribution in [2.45, 2.75) is 31.9 Å². The highest BCUT2D eigenvalue weighted by Gasteiger charge is 2.35. The first-order valence-corrected chi connectivity index (χ1v) is 10.6. The van der Waals surface area contributed by atoms with Gasteiger partial charge in [-0.05, 0) is 54.4 Å². The highest BCUT2D eigenvalue weighted by atomic mass is 19.2. The molecule has 1 heterocycles. The molecule has 3 aromatic rings. The second-order valence-corrected chi connectivity index (χ2v) is 8.62. The number of hydrogen-bond acceptors (Lipinski definition) is 3. The Morgan fingerprint density at radius 1 is 1.06 bits per heavy atom. The van der Waals surface area contributed by atoms with Crippen LogP contribution in [0.3, 0.4) is 0 Å². The molecule has 0 aliphatic carbocycles. The zero-order valence-electron chi connectivity index (χ0n) is 18.4. The molecule has 0 saturated carbocycles. The van der Waals surface area contributed by atoms with Crippen molar-refractivity contribution >= 4 is 11.9 Å². The van der Waals surface area contributed by atoms with Gasteiger partial charge in [0.2, 0.25) is 0 Å². The minimum Gasteiger partial charge on any atom is -0.487 e. The quantitative estimate of drug-likeness (QED) is 0.542. The van der Waals surface area contributed by atoms with E-state index < -0.39 is 42.2 Å². The third-order valence-corrected chi connectivity index (χ3v) is 5.73. The summed E-state index contributed by atoms with van der Waals surface area (Å²) in [5, 5.41) is 9.26. The Labute approximate surface area is 194 Å². The normalized spacial score (nSPS) is 16.6. The lowest BCUT2D eigenvalue weighted by Crippen LogP contribution is -2.35. The Balaban J connectivity index is 1.54. The van der Waals surface area contributed by atoms with E-state index in [1.807, 2.05) is 6.92 Å². The molecule has 0 spiro atoms. The summed E-state index contributed by atoms with van der Waals surface area (Å²) < 4.78 is 47.0. The molecule has 34 heavy (non-hydrogen) atoms. The molecule has 0 unspecified atom stereocenters. The van der Waals surface area contributed by atoms with Gasteiger partial charge in [0.25, 0.3) is 5.91 Å². The zero-order chi connectivity index (χ0) is 24.5. The monoisotopic (exact) mass is 469 g/mol. The molecule has 0 bridgehead atoms. The Morgan fingerprint density at radius 3 is 2.50 bits per heavy atom. The van der Waals surface area contributed by atoms with Crippen LogP contribution in [0.2, 0.25) is 0 Å². The largest absolute Gasteiger partial charge is 0.487 e. The summed E-state index contributed by atoms with van der Waals surface area (Å²) >= 11 is 0. The lowest BCUT2D eigenvalue weighted by atomic mass is 9.91. The van der Waals surface area contributed by atoms with Crippen molar-refractivity contribution in [3.63, 3.8) is 0 Å². The van der Waals surface area contributed by atoms with Gasteiger partial charge in [0.15, 0.2) is 11.6 Å². The third-order valence-electron chi connectivity index (χ3n) is 5.73. The molecule has 5 nitrogen and oxygen atoms in total. The number of halogens is 3. The van der Waals surface area contributed by atoms with Gasteiger partial charge in [0.05, 0.1) is 0 Å². The summed E-state index contributed by atoms with van der Waals surface area (Å²) in [6.07, 6.45) is 1.01. The summed E-state index contributed by atoms with van der Waals surface area (Å²) in [4.78, 5) is 25.4. The van der Waals surface area contributed by atoms with Crippen LogP contribution >= 0.6 is 0 Å². The Bertz CT molecular complexity index is 1250. The van der Waals surface area contributed by atoms with Crippen LogP contribution in [-0.2, 0) is 24.2 Å². The number of rotatable bonds is 7. The van der Waals surface area contributed by atoms with Crippen molar-refractivity contribution in [1.82, 2.24) is 4.90 Å². The summed E-state index contributed by atoms with van der Waals surface area (Å²) in [6, 6.07) is 14.5. The average Bonchev–Trinajstić information content (AvgIpc) is 3.12. The van der Waals surface area contributed by atoms with Gasteiger partial charge < -0.3 is 14.7 Å². The molecule has 1 amide bonds. The van der Waals surface area contributed by atoms with Crippen LogP contribution in [0.4, 0.5) is 13.2 Å². The number of carboxylic acids is 1. The number of carbonyl (C=O) groups excluding carboxylic acids is 1.